The first-order chi connectivity index (χ1) is 10.2. The molecule has 0 atom stereocenters. The molecule has 5 nitrogen and oxygen atoms in total. The van der Waals surface area contributed by atoms with Crippen LogP contribution in [0.2, 0.25) is 0 Å². The fourth-order valence-electron chi connectivity index (χ4n) is 1.98. The topological polar surface area (TPSA) is 52.8 Å². The maximum atomic E-state index is 12.0. The fourth-order valence-corrected chi connectivity index (χ4v) is 2.83. The molecule has 0 unspecified atom stereocenters. The van der Waals surface area contributed by atoms with Crippen molar-refractivity contribution in [3.63, 3.8) is 0 Å². The van der Waals surface area contributed by atoms with Crippen LogP contribution >= 0.6 is 11.3 Å². The summed E-state index contributed by atoms with van der Waals surface area (Å²) in [4.78, 5) is 18.1. The summed E-state index contributed by atoms with van der Waals surface area (Å²) >= 11 is 1.48. The first-order valence-electron chi connectivity index (χ1n) is 6.41. The van der Waals surface area contributed by atoms with Crippen molar-refractivity contribution in [3.8, 4) is 11.5 Å². The Morgan fingerprint density at radius 3 is 2.90 bits per heavy atom. The van der Waals surface area contributed by atoms with Gasteiger partial charge in [0, 0.05) is 23.2 Å². The molecule has 0 spiro atoms. The van der Waals surface area contributed by atoms with Crippen molar-refractivity contribution >= 4 is 16.3 Å². The lowest BCUT2D eigenvalue weighted by atomic mass is 10.3. The number of aromatic nitrogens is 2. The van der Waals surface area contributed by atoms with E-state index < -0.39 is 0 Å². The van der Waals surface area contributed by atoms with Crippen LogP contribution in [0.15, 0.2) is 41.3 Å². The molecule has 108 valence electrons. The van der Waals surface area contributed by atoms with E-state index in [2.05, 4.69) is 4.98 Å². The van der Waals surface area contributed by atoms with Crippen molar-refractivity contribution in [2.45, 2.75) is 13.5 Å². The normalized spacial score (nSPS) is 10.8. The Kier molecular flexibility index (Phi) is 3.62. The molecular weight excluding hydrogens is 288 g/mol. The van der Waals surface area contributed by atoms with Crippen molar-refractivity contribution in [2.24, 2.45) is 0 Å². The maximum absolute atomic E-state index is 12.0. The number of methoxy groups -OCH3 is 1. The number of nitrogens with zero attached hydrogens (tertiary/aromatic N) is 2. The lowest BCUT2D eigenvalue weighted by Gasteiger charge is -2.07. The summed E-state index contributed by atoms with van der Waals surface area (Å²) in [5.74, 6) is 1.41. The smallest absolute Gasteiger partial charge is 0.258 e. The van der Waals surface area contributed by atoms with Gasteiger partial charge in [-0.3, -0.25) is 9.20 Å². The summed E-state index contributed by atoms with van der Waals surface area (Å²) in [5.41, 5.74) is 0.526. The van der Waals surface area contributed by atoms with Gasteiger partial charge < -0.3 is 9.47 Å². The number of hydrogen-bond donors (Lipinski definition) is 0. The number of aryl methyl sites for hydroxylation is 1. The molecule has 0 N–H and O–H groups in total. The molecule has 1 aromatic carbocycles. The van der Waals surface area contributed by atoms with Crippen molar-refractivity contribution in [3.05, 3.63) is 57.5 Å². The molecule has 0 fully saturated rings. The molecule has 2 aromatic heterocycles. The van der Waals surface area contributed by atoms with E-state index in [0.29, 0.717) is 16.4 Å². The summed E-state index contributed by atoms with van der Waals surface area (Å²) in [5, 5.41) is 0. The van der Waals surface area contributed by atoms with Gasteiger partial charge in [0.15, 0.2) is 4.96 Å². The van der Waals surface area contributed by atoms with Crippen LogP contribution in [0.5, 0.6) is 11.5 Å². The van der Waals surface area contributed by atoms with E-state index in [1.807, 2.05) is 25.1 Å². The highest BCUT2D eigenvalue weighted by molar-refractivity contribution is 7.16. The first kappa shape index (κ1) is 13.6. The summed E-state index contributed by atoms with van der Waals surface area (Å²) in [6, 6.07) is 8.82. The first-order valence-corrected chi connectivity index (χ1v) is 7.23. The quantitative estimate of drug-likeness (QED) is 0.743. The van der Waals surface area contributed by atoms with Gasteiger partial charge in [0.05, 0.1) is 12.8 Å². The van der Waals surface area contributed by atoms with Gasteiger partial charge in [-0.2, -0.15) is 0 Å². The third kappa shape index (κ3) is 2.90. The molecule has 3 aromatic rings. The standard InChI is InChI=1S/C15H14N2O3S/c1-10-8-17-14(18)6-11(16-15(17)21-10)9-20-13-5-3-4-12(7-13)19-2/h3-8H,9H2,1-2H3. The van der Waals surface area contributed by atoms with Crippen molar-refractivity contribution in [1.29, 1.82) is 0 Å². The Balaban J connectivity index is 1.83. The van der Waals surface area contributed by atoms with E-state index in [0.717, 1.165) is 10.6 Å². The van der Waals surface area contributed by atoms with E-state index in [-0.39, 0.29) is 12.2 Å². The highest BCUT2D eigenvalue weighted by atomic mass is 32.1. The van der Waals surface area contributed by atoms with Gasteiger partial charge in [0.2, 0.25) is 0 Å². The van der Waals surface area contributed by atoms with Gasteiger partial charge >= 0.3 is 0 Å². The summed E-state index contributed by atoms with van der Waals surface area (Å²) in [6.07, 6.45) is 1.79. The second kappa shape index (κ2) is 5.57. The van der Waals surface area contributed by atoms with Gasteiger partial charge in [-0.1, -0.05) is 6.07 Å². The van der Waals surface area contributed by atoms with Crippen LogP contribution in [-0.4, -0.2) is 16.5 Å². The van der Waals surface area contributed by atoms with Crippen LogP contribution < -0.4 is 15.0 Å². The Hall–Kier alpha value is -2.34. The monoisotopic (exact) mass is 302 g/mol. The Labute approximate surface area is 125 Å². The zero-order valence-corrected chi connectivity index (χ0v) is 12.5. The van der Waals surface area contributed by atoms with E-state index >= 15 is 0 Å². The third-order valence-corrected chi connectivity index (χ3v) is 3.86. The second-order valence-corrected chi connectivity index (χ2v) is 5.76. The Morgan fingerprint density at radius 1 is 1.29 bits per heavy atom. The molecule has 0 bridgehead atoms. The Bertz CT molecular complexity index is 838. The van der Waals surface area contributed by atoms with Gasteiger partial charge in [0.25, 0.3) is 5.56 Å². The largest absolute Gasteiger partial charge is 0.497 e. The Morgan fingerprint density at radius 2 is 2.10 bits per heavy atom. The third-order valence-electron chi connectivity index (χ3n) is 2.96. The molecule has 2 heterocycles. The van der Waals surface area contributed by atoms with Crippen LogP contribution in [0.4, 0.5) is 0 Å². The zero-order valence-electron chi connectivity index (χ0n) is 11.7. The van der Waals surface area contributed by atoms with Gasteiger partial charge in [0.1, 0.15) is 18.1 Å². The lowest BCUT2D eigenvalue weighted by molar-refractivity contribution is 0.299. The summed E-state index contributed by atoms with van der Waals surface area (Å²) in [6.45, 7) is 2.20. The number of ether oxygens (including phenoxy) is 2. The van der Waals surface area contributed by atoms with Crippen LogP contribution in [0.3, 0.4) is 0 Å². The molecule has 0 saturated heterocycles. The number of rotatable bonds is 4. The molecule has 0 radical (unpaired) electrons. The summed E-state index contributed by atoms with van der Waals surface area (Å²) in [7, 11) is 1.61. The minimum atomic E-state index is -0.0893. The van der Waals surface area contributed by atoms with Gasteiger partial charge in [-0.15, -0.1) is 11.3 Å². The lowest BCUT2D eigenvalue weighted by Crippen LogP contribution is -2.14. The van der Waals surface area contributed by atoms with E-state index in [1.54, 1.807) is 23.8 Å². The van der Waals surface area contributed by atoms with E-state index in [1.165, 1.54) is 17.4 Å². The zero-order chi connectivity index (χ0) is 14.8. The SMILES string of the molecule is COc1cccc(OCc2cc(=O)n3cc(C)sc3n2)c1. The molecule has 0 aliphatic carbocycles. The molecule has 3 rings (SSSR count). The van der Waals surface area contributed by atoms with Crippen LogP contribution in [0.1, 0.15) is 10.6 Å². The average molecular weight is 302 g/mol. The molecular formula is C15H14N2O3S. The number of hydrogen-bond acceptors (Lipinski definition) is 5. The van der Waals surface area contributed by atoms with Crippen molar-refractivity contribution < 1.29 is 9.47 Å². The van der Waals surface area contributed by atoms with Crippen molar-refractivity contribution in [1.82, 2.24) is 9.38 Å². The number of benzene rings is 1. The highest BCUT2D eigenvalue weighted by Crippen LogP contribution is 2.20. The minimum Gasteiger partial charge on any atom is -0.497 e. The van der Waals surface area contributed by atoms with Crippen LogP contribution in [0, 0.1) is 6.92 Å². The van der Waals surface area contributed by atoms with Crippen LogP contribution in [-0.2, 0) is 6.61 Å². The molecule has 0 aliphatic heterocycles. The maximum Gasteiger partial charge on any atom is 0.258 e. The van der Waals surface area contributed by atoms with Gasteiger partial charge in [-0.05, 0) is 19.1 Å². The molecule has 6 heteroatoms. The second-order valence-electron chi connectivity index (χ2n) is 4.55. The molecule has 0 amide bonds. The predicted octanol–water partition coefficient (Wildman–Crippen LogP) is 2.65. The highest BCUT2D eigenvalue weighted by Gasteiger charge is 2.06. The van der Waals surface area contributed by atoms with E-state index in [4.69, 9.17) is 9.47 Å². The predicted molar refractivity (Wildman–Crippen MR) is 81.4 cm³/mol. The van der Waals surface area contributed by atoms with Gasteiger partial charge in [-0.25, -0.2) is 4.98 Å². The average Bonchev–Trinajstić information content (AvgIpc) is 2.86. The molecule has 0 saturated carbocycles. The van der Waals surface area contributed by atoms with Crippen LogP contribution in [0.25, 0.3) is 4.96 Å². The van der Waals surface area contributed by atoms with E-state index in [9.17, 15) is 4.79 Å². The molecule has 0 aliphatic rings. The fraction of sp³-hybridized carbons (Fsp3) is 0.200. The number of thiazole rings is 1. The molecule has 21 heavy (non-hydrogen) atoms. The number of fused-ring (bicyclic) bond motifs is 1. The minimum absolute atomic E-state index is 0.0893. The van der Waals surface area contributed by atoms with Crippen molar-refractivity contribution in [2.75, 3.05) is 7.11 Å². The summed E-state index contributed by atoms with van der Waals surface area (Å²) < 4.78 is 12.3.